The van der Waals surface area contributed by atoms with Crippen molar-refractivity contribution in [1.29, 1.82) is 0 Å². The lowest BCUT2D eigenvalue weighted by Crippen LogP contribution is -2.24. The molecule has 0 bridgehead atoms. The van der Waals surface area contributed by atoms with E-state index in [1.54, 1.807) is 24.3 Å². The molecular formula is C30H31N3O6S2. The molecule has 0 radical (unpaired) electrons. The van der Waals surface area contributed by atoms with Gasteiger partial charge in [0.05, 0.1) is 22.3 Å². The summed E-state index contributed by atoms with van der Waals surface area (Å²) in [4.78, 5) is 23.0. The van der Waals surface area contributed by atoms with Gasteiger partial charge in [-0.05, 0) is 54.3 Å². The molecule has 9 nitrogen and oxygen atoms in total. The fourth-order valence-electron chi connectivity index (χ4n) is 4.04. The Labute approximate surface area is 247 Å². The second-order valence-electron chi connectivity index (χ2n) is 8.87. The highest BCUT2D eigenvalue weighted by molar-refractivity contribution is 8.19. The van der Waals surface area contributed by atoms with E-state index in [0.29, 0.717) is 46.0 Å². The quantitative estimate of drug-likeness (QED) is 0.100. The summed E-state index contributed by atoms with van der Waals surface area (Å²) in [5.41, 5.74) is 5.88. The SMILES string of the molecule is C=CCc1cc(/C=N\NC(=O)COc2ccc(C3SCCS3)cc2)cc(OCC)c1OCc1cccc([N+](=O)[O-])c1. The van der Waals surface area contributed by atoms with Crippen molar-refractivity contribution < 1.29 is 23.9 Å². The minimum absolute atomic E-state index is 0.00273. The molecule has 0 unspecified atom stereocenters. The first-order chi connectivity index (χ1) is 20.0. The average molecular weight is 594 g/mol. The Kier molecular flexibility index (Phi) is 11.1. The van der Waals surface area contributed by atoms with Gasteiger partial charge in [-0.2, -0.15) is 5.10 Å². The van der Waals surface area contributed by atoms with Crippen molar-refractivity contribution in [2.75, 3.05) is 24.7 Å². The maximum Gasteiger partial charge on any atom is 0.277 e. The Hall–Kier alpha value is -3.96. The lowest BCUT2D eigenvalue weighted by molar-refractivity contribution is -0.384. The van der Waals surface area contributed by atoms with Crippen LogP contribution in [0, 0.1) is 10.1 Å². The normalized spacial score (nSPS) is 13.2. The molecule has 41 heavy (non-hydrogen) atoms. The van der Waals surface area contributed by atoms with E-state index in [1.165, 1.54) is 23.9 Å². The zero-order chi connectivity index (χ0) is 29.0. The van der Waals surface area contributed by atoms with Gasteiger partial charge in [-0.3, -0.25) is 14.9 Å². The number of nitro benzene ring substituents is 1. The van der Waals surface area contributed by atoms with Crippen LogP contribution in [-0.4, -0.2) is 41.8 Å². The second kappa shape index (κ2) is 15.2. The standard InChI is InChI=1S/C30H31N3O6S2/c1-3-6-24-15-22(17-27(37-4-2)29(24)39-19-21-7-5-8-25(16-21)33(35)36)18-31-32-28(34)20-38-26-11-9-23(10-12-26)30-40-13-14-41-30/h3,5,7-12,15-18,30H,1,4,6,13-14,19-20H2,2H3,(H,32,34)/b31-18-. The number of hydrogen-bond acceptors (Lipinski definition) is 9. The van der Waals surface area contributed by atoms with Crippen molar-refractivity contribution in [2.45, 2.75) is 24.5 Å². The maximum absolute atomic E-state index is 12.3. The van der Waals surface area contributed by atoms with Gasteiger partial charge in [0, 0.05) is 29.2 Å². The molecule has 1 fully saturated rings. The van der Waals surface area contributed by atoms with Crippen molar-refractivity contribution in [2.24, 2.45) is 5.10 Å². The first-order valence-corrected chi connectivity index (χ1v) is 15.1. The molecule has 1 amide bonds. The van der Waals surface area contributed by atoms with Crippen LogP contribution in [0.1, 0.15) is 33.8 Å². The first-order valence-electron chi connectivity index (χ1n) is 13.0. The van der Waals surface area contributed by atoms with Crippen LogP contribution < -0.4 is 19.6 Å². The van der Waals surface area contributed by atoms with Gasteiger partial charge in [0.15, 0.2) is 18.1 Å². The number of amides is 1. The zero-order valence-corrected chi connectivity index (χ0v) is 24.2. The van der Waals surface area contributed by atoms with Gasteiger partial charge in [-0.1, -0.05) is 30.3 Å². The van der Waals surface area contributed by atoms with Gasteiger partial charge in [0.1, 0.15) is 12.4 Å². The van der Waals surface area contributed by atoms with Crippen molar-refractivity contribution in [3.05, 3.63) is 106 Å². The lowest BCUT2D eigenvalue weighted by atomic mass is 10.1. The molecule has 0 atom stereocenters. The summed E-state index contributed by atoms with van der Waals surface area (Å²) in [6.07, 6.45) is 3.75. The number of allylic oxidation sites excluding steroid dienone is 1. The highest BCUT2D eigenvalue weighted by atomic mass is 32.2. The summed E-state index contributed by atoms with van der Waals surface area (Å²) in [6, 6.07) is 17.7. The van der Waals surface area contributed by atoms with Crippen LogP contribution in [0.15, 0.2) is 78.4 Å². The summed E-state index contributed by atoms with van der Waals surface area (Å²) >= 11 is 3.88. The number of hydrazone groups is 1. The molecule has 1 aliphatic rings. The van der Waals surface area contributed by atoms with Crippen molar-refractivity contribution in [3.63, 3.8) is 0 Å². The van der Waals surface area contributed by atoms with Gasteiger partial charge < -0.3 is 14.2 Å². The van der Waals surface area contributed by atoms with Gasteiger partial charge >= 0.3 is 0 Å². The van der Waals surface area contributed by atoms with E-state index in [0.717, 1.165) is 17.1 Å². The van der Waals surface area contributed by atoms with E-state index in [-0.39, 0.29) is 24.8 Å². The Morgan fingerprint density at radius 3 is 2.61 bits per heavy atom. The van der Waals surface area contributed by atoms with E-state index < -0.39 is 4.92 Å². The highest BCUT2D eigenvalue weighted by Gasteiger charge is 2.18. The van der Waals surface area contributed by atoms with Gasteiger partial charge in [0.25, 0.3) is 11.6 Å². The second-order valence-corrected chi connectivity index (χ2v) is 11.6. The third-order valence-corrected chi connectivity index (χ3v) is 8.97. The minimum Gasteiger partial charge on any atom is -0.490 e. The Bertz CT molecular complexity index is 1390. The number of non-ortho nitro benzene ring substituents is 1. The molecule has 4 rings (SSSR count). The van der Waals surface area contributed by atoms with E-state index in [1.807, 2.05) is 60.8 Å². The van der Waals surface area contributed by atoms with Crippen molar-refractivity contribution in [1.82, 2.24) is 5.43 Å². The smallest absolute Gasteiger partial charge is 0.277 e. The van der Waals surface area contributed by atoms with Gasteiger partial charge in [0.2, 0.25) is 0 Å². The topological polar surface area (TPSA) is 112 Å². The number of nitro groups is 1. The molecular weight excluding hydrogens is 562 g/mol. The first kappa shape index (κ1) is 30.0. The summed E-state index contributed by atoms with van der Waals surface area (Å²) in [6.45, 7) is 6.04. The zero-order valence-electron chi connectivity index (χ0n) is 22.6. The lowest BCUT2D eigenvalue weighted by Gasteiger charge is -2.17. The fraction of sp³-hybridized carbons (Fsp3) is 0.267. The molecule has 1 heterocycles. The predicted molar refractivity (Wildman–Crippen MR) is 164 cm³/mol. The van der Waals surface area contributed by atoms with E-state index in [4.69, 9.17) is 14.2 Å². The number of thioether (sulfide) groups is 2. The number of benzene rings is 3. The minimum atomic E-state index is -0.441. The maximum atomic E-state index is 12.3. The van der Waals surface area contributed by atoms with Crippen LogP contribution >= 0.6 is 23.5 Å². The van der Waals surface area contributed by atoms with E-state index in [2.05, 4.69) is 17.1 Å². The van der Waals surface area contributed by atoms with Crippen LogP contribution in [-0.2, 0) is 17.8 Å². The fourth-order valence-corrected chi connectivity index (χ4v) is 6.90. The van der Waals surface area contributed by atoms with E-state index in [9.17, 15) is 14.9 Å². The molecule has 11 heteroatoms. The Morgan fingerprint density at radius 2 is 1.90 bits per heavy atom. The number of carbonyl (C=O) groups is 1. The van der Waals surface area contributed by atoms with Crippen molar-refractivity contribution in [3.8, 4) is 17.2 Å². The number of carbonyl (C=O) groups excluding carboxylic acids is 1. The number of ether oxygens (including phenoxy) is 3. The van der Waals surface area contributed by atoms with Crippen LogP contribution in [0.25, 0.3) is 0 Å². The van der Waals surface area contributed by atoms with Crippen molar-refractivity contribution >= 4 is 41.3 Å². The molecule has 0 saturated carbocycles. The number of rotatable bonds is 14. The van der Waals surface area contributed by atoms with Crippen LogP contribution in [0.4, 0.5) is 5.69 Å². The largest absolute Gasteiger partial charge is 0.490 e. The molecule has 3 aromatic carbocycles. The van der Waals surface area contributed by atoms with Crippen LogP contribution in [0.3, 0.4) is 0 Å². The van der Waals surface area contributed by atoms with Gasteiger partial charge in [-0.25, -0.2) is 5.43 Å². The van der Waals surface area contributed by atoms with Gasteiger partial charge in [-0.15, -0.1) is 30.1 Å². The van der Waals surface area contributed by atoms with Crippen LogP contribution in [0.2, 0.25) is 0 Å². The molecule has 1 aliphatic heterocycles. The van der Waals surface area contributed by atoms with Crippen LogP contribution in [0.5, 0.6) is 17.2 Å². The molecule has 1 N–H and O–H groups in total. The Balaban J connectivity index is 1.37. The molecule has 0 aliphatic carbocycles. The number of nitrogens with one attached hydrogen (secondary N) is 1. The third kappa shape index (κ3) is 8.76. The number of nitrogens with zero attached hydrogens (tertiary/aromatic N) is 2. The molecule has 0 spiro atoms. The van der Waals surface area contributed by atoms with E-state index >= 15 is 0 Å². The molecule has 3 aromatic rings. The average Bonchev–Trinajstić information content (AvgIpc) is 3.52. The Morgan fingerprint density at radius 1 is 1.12 bits per heavy atom. The monoisotopic (exact) mass is 593 g/mol. The number of hydrogen-bond donors (Lipinski definition) is 1. The summed E-state index contributed by atoms with van der Waals surface area (Å²) in [5.74, 6) is 3.57. The summed E-state index contributed by atoms with van der Waals surface area (Å²) in [5, 5.41) is 15.2. The molecule has 1 saturated heterocycles. The molecule has 214 valence electrons. The third-order valence-electron chi connectivity index (χ3n) is 5.87. The predicted octanol–water partition coefficient (Wildman–Crippen LogP) is 6.31. The summed E-state index contributed by atoms with van der Waals surface area (Å²) < 4.78 is 18.0. The molecule has 0 aromatic heterocycles. The summed E-state index contributed by atoms with van der Waals surface area (Å²) in [7, 11) is 0. The highest BCUT2D eigenvalue weighted by Crippen LogP contribution is 2.45.